The highest BCUT2D eigenvalue weighted by Crippen LogP contribution is 2.19. The van der Waals surface area contributed by atoms with Gasteiger partial charge in [-0.1, -0.05) is 44.2 Å². The number of para-hydroxylation sites is 1. The Bertz CT molecular complexity index is 976. The van der Waals surface area contributed by atoms with Crippen molar-refractivity contribution >= 4 is 33.9 Å². The van der Waals surface area contributed by atoms with Crippen LogP contribution in [0.15, 0.2) is 59.4 Å². The fourth-order valence-electron chi connectivity index (χ4n) is 2.91. The van der Waals surface area contributed by atoms with Gasteiger partial charge in [0.25, 0.3) is 0 Å². The molecule has 0 unspecified atom stereocenters. The van der Waals surface area contributed by atoms with Gasteiger partial charge >= 0.3 is 0 Å². The Hall–Kier alpha value is -2.66. The number of aromatic nitrogens is 1. The van der Waals surface area contributed by atoms with E-state index in [1.807, 2.05) is 48.3 Å². The maximum atomic E-state index is 11.9. The summed E-state index contributed by atoms with van der Waals surface area (Å²) in [6, 6.07) is 17.7. The fourth-order valence-corrected chi connectivity index (χ4v) is 3.09. The van der Waals surface area contributed by atoms with E-state index in [0.717, 1.165) is 22.2 Å². The van der Waals surface area contributed by atoms with Crippen molar-refractivity contribution in [2.75, 3.05) is 12.4 Å². The van der Waals surface area contributed by atoms with Crippen molar-refractivity contribution < 1.29 is 0 Å². The predicted octanol–water partition coefficient (Wildman–Crippen LogP) is 4.48. The molecule has 0 aliphatic carbocycles. The molecule has 0 bridgehead atoms. The average molecular weight is 366 g/mol. The van der Waals surface area contributed by atoms with E-state index in [2.05, 4.69) is 36.3 Å². The molecule has 3 rings (SSSR count). The van der Waals surface area contributed by atoms with Crippen LogP contribution in [-0.4, -0.2) is 22.0 Å². The van der Waals surface area contributed by atoms with E-state index in [0.29, 0.717) is 17.6 Å². The maximum Gasteiger partial charge on any atom is 0.248 e. The molecule has 0 amide bonds. The number of nitrogens with zero attached hydrogens (tertiary/aromatic N) is 1. The molecule has 2 aromatic carbocycles. The Morgan fingerprint density at radius 1 is 1.15 bits per heavy atom. The molecule has 5 heteroatoms. The first-order valence-corrected chi connectivity index (χ1v) is 9.08. The summed E-state index contributed by atoms with van der Waals surface area (Å²) in [5.74, 6) is 0.503. The molecular weight excluding hydrogens is 342 g/mol. The Labute approximate surface area is 158 Å². The second-order valence-corrected chi connectivity index (χ2v) is 7.15. The van der Waals surface area contributed by atoms with Crippen LogP contribution in [0.2, 0.25) is 0 Å². The second-order valence-electron chi connectivity index (χ2n) is 6.77. The van der Waals surface area contributed by atoms with Crippen molar-refractivity contribution in [2.24, 2.45) is 0 Å². The lowest BCUT2D eigenvalue weighted by molar-refractivity contribution is 0.510. The second kappa shape index (κ2) is 7.70. The monoisotopic (exact) mass is 365 g/mol. The van der Waals surface area contributed by atoms with E-state index >= 15 is 0 Å². The number of rotatable bonds is 4. The van der Waals surface area contributed by atoms with Gasteiger partial charge in [-0.2, -0.15) is 0 Å². The van der Waals surface area contributed by atoms with Crippen LogP contribution < -0.4 is 10.9 Å². The number of hydrogen-bond acceptors (Lipinski definition) is 2. The van der Waals surface area contributed by atoms with Crippen molar-refractivity contribution in [3.8, 4) is 0 Å². The summed E-state index contributed by atoms with van der Waals surface area (Å²) in [5, 5.41) is 4.91. The Morgan fingerprint density at radius 2 is 1.85 bits per heavy atom. The minimum Gasteiger partial charge on any atom is -0.348 e. The molecule has 0 aliphatic rings. The van der Waals surface area contributed by atoms with Crippen LogP contribution in [-0.2, 0) is 6.54 Å². The molecule has 0 aliphatic heterocycles. The molecule has 134 valence electrons. The first kappa shape index (κ1) is 18.1. The van der Waals surface area contributed by atoms with Crippen LogP contribution in [0.5, 0.6) is 0 Å². The van der Waals surface area contributed by atoms with E-state index in [4.69, 9.17) is 12.2 Å². The van der Waals surface area contributed by atoms with Crippen LogP contribution >= 0.6 is 12.2 Å². The molecule has 0 fully saturated rings. The van der Waals surface area contributed by atoms with Gasteiger partial charge in [0, 0.05) is 36.2 Å². The van der Waals surface area contributed by atoms with Gasteiger partial charge in [0.15, 0.2) is 5.11 Å². The van der Waals surface area contributed by atoms with Gasteiger partial charge < -0.3 is 15.2 Å². The molecule has 0 saturated heterocycles. The van der Waals surface area contributed by atoms with Gasteiger partial charge in [-0.15, -0.1) is 0 Å². The predicted molar refractivity (Wildman–Crippen MR) is 113 cm³/mol. The third-order valence-electron chi connectivity index (χ3n) is 4.42. The smallest absolute Gasteiger partial charge is 0.248 e. The highest BCUT2D eigenvalue weighted by atomic mass is 32.1. The van der Waals surface area contributed by atoms with Gasteiger partial charge in [-0.05, 0) is 47.5 Å². The van der Waals surface area contributed by atoms with E-state index in [1.54, 1.807) is 6.07 Å². The summed E-state index contributed by atoms with van der Waals surface area (Å²) in [6.45, 7) is 4.90. The normalized spacial score (nSPS) is 10.9. The minimum atomic E-state index is -0.102. The highest BCUT2D eigenvalue weighted by molar-refractivity contribution is 7.80. The summed E-state index contributed by atoms with van der Waals surface area (Å²) in [6.07, 6.45) is 0. The van der Waals surface area contributed by atoms with Crippen molar-refractivity contribution in [1.82, 2.24) is 9.88 Å². The van der Waals surface area contributed by atoms with Crippen molar-refractivity contribution in [3.63, 3.8) is 0 Å². The van der Waals surface area contributed by atoms with Crippen LogP contribution in [0.1, 0.15) is 30.9 Å². The fraction of sp³-hybridized carbons (Fsp3) is 0.238. The molecule has 2 N–H and O–H groups in total. The number of nitrogens with one attached hydrogen (secondary N) is 2. The number of thiocarbonyl (C=S) groups is 1. The molecule has 0 atom stereocenters. The van der Waals surface area contributed by atoms with E-state index in [9.17, 15) is 4.79 Å². The van der Waals surface area contributed by atoms with E-state index in [-0.39, 0.29) is 5.56 Å². The summed E-state index contributed by atoms with van der Waals surface area (Å²) in [7, 11) is 1.92. The van der Waals surface area contributed by atoms with Crippen LogP contribution in [0.3, 0.4) is 0 Å². The average Bonchev–Trinajstić information content (AvgIpc) is 2.62. The van der Waals surface area contributed by atoms with Gasteiger partial charge in [-0.25, -0.2) is 0 Å². The summed E-state index contributed by atoms with van der Waals surface area (Å²) in [4.78, 5) is 16.7. The maximum absolute atomic E-state index is 11.9. The highest BCUT2D eigenvalue weighted by Gasteiger charge is 2.10. The Kier molecular flexibility index (Phi) is 5.38. The standard InChI is InChI=1S/C21H23N3OS/c1-14(2)15-8-10-17(11-9-15)22-21(26)24(3)13-16-12-20(25)23-19-7-5-4-6-18(16)19/h4-12,14H,13H2,1-3H3,(H,22,26)(H,23,25). The lowest BCUT2D eigenvalue weighted by atomic mass is 10.0. The summed E-state index contributed by atoms with van der Waals surface area (Å²) in [5.41, 5.74) is 3.94. The third-order valence-corrected chi connectivity index (χ3v) is 4.83. The molecule has 1 heterocycles. The first-order valence-electron chi connectivity index (χ1n) is 8.67. The Morgan fingerprint density at radius 3 is 2.54 bits per heavy atom. The van der Waals surface area contributed by atoms with Crippen LogP contribution in [0, 0.1) is 0 Å². The molecule has 26 heavy (non-hydrogen) atoms. The molecular formula is C21H23N3OS. The van der Waals surface area contributed by atoms with Crippen LogP contribution in [0.4, 0.5) is 5.69 Å². The van der Waals surface area contributed by atoms with Gasteiger partial charge in [0.05, 0.1) is 0 Å². The number of benzene rings is 2. The number of aromatic amines is 1. The van der Waals surface area contributed by atoms with Gasteiger partial charge in [0.1, 0.15) is 0 Å². The van der Waals surface area contributed by atoms with Gasteiger partial charge in [-0.3, -0.25) is 4.79 Å². The number of fused-ring (bicyclic) bond motifs is 1. The summed E-state index contributed by atoms with van der Waals surface area (Å²) < 4.78 is 0. The third kappa shape index (κ3) is 4.11. The lowest BCUT2D eigenvalue weighted by Gasteiger charge is -2.22. The minimum absolute atomic E-state index is 0.102. The Balaban J connectivity index is 1.74. The number of pyridine rings is 1. The van der Waals surface area contributed by atoms with Crippen molar-refractivity contribution in [2.45, 2.75) is 26.3 Å². The first-order chi connectivity index (χ1) is 12.4. The molecule has 3 aromatic rings. The van der Waals surface area contributed by atoms with Crippen molar-refractivity contribution in [1.29, 1.82) is 0 Å². The zero-order valence-corrected chi connectivity index (χ0v) is 16.1. The quantitative estimate of drug-likeness (QED) is 0.669. The van der Waals surface area contributed by atoms with E-state index in [1.165, 1.54) is 5.56 Å². The topological polar surface area (TPSA) is 48.1 Å². The lowest BCUT2D eigenvalue weighted by Crippen LogP contribution is -2.31. The SMILES string of the molecule is CC(C)c1ccc(NC(=S)N(C)Cc2cc(=O)[nH]c3ccccc23)cc1. The molecule has 0 radical (unpaired) electrons. The molecule has 0 saturated carbocycles. The zero-order chi connectivity index (χ0) is 18.7. The number of H-pyrrole nitrogens is 1. The zero-order valence-electron chi connectivity index (χ0n) is 15.2. The van der Waals surface area contributed by atoms with Gasteiger partial charge in [0.2, 0.25) is 5.56 Å². The molecule has 0 spiro atoms. The largest absolute Gasteiger partial charge is 0.348 e. The molecule has 4 nitrogen and oxygen atoms in total. The van der Waals surface area contributed by atoms with Crippen molar-refractivity contribution in [3.05, 3.63) is 76.1 Å². The van der Waals surface area contributed by atoms with Crippen LogP contribution in [0.25, 0.3) is 10.9 Å². The summed E-state index contributed by atoms with van der Waals surface area (Å²) >= 11 is 5.53. The number of anilines is 1. The van der Waals surface area contributed by atoms with E-state index < -0.39 is 0 Å². The number of hydrogen-bond donors (Lipinski definition) is 2. The molecule has 1 aromatic heterocycles.